The van der Waals surface area contributed by atoms with Crippen molar-refractivity contribution in [1.82, 2.24) is 19.9 Å². The molecule has 0 saturated heterocycles. The molecular formula is C25H26N4O2. The van der Waals surface area contributed by atoms with E-state index in [1.54, 1.807) is 0 Å². The minimum Gasteiger partial charge on any atom is -0.493 e. The van der Waals surface area contributed by atoms with Crippen LogP contribution < -0.4 is 10.1 Å². The summed E-state index contributed by atoms with van der Waals surface area (Å²) in [4.78, 5) is 20.5. The predicted molar refractivity (Wildman–Crippen MR) is 121 cm³/mol. The monoisotopic (exact) mass is 414 g/mol. The maximum atomic E-state index is 12.5. The number of carbonyl (C=O) groups is 1. The lowest BCUT2D eigenvalue weighted by molar-refractivity contribution is 0.0950. The first-order chi connectivity index (χ1) is 14.9. The number of imidazole rings is 1. The van der Waals surface area contributed by atoms with Crippen LogP contribution in [0.25, 0.3) is 22.2 Å². The van der Waals surface area contributed by atoms with Crippen molar-refractivity contribution < 1.29 is 9.53 Å². The Bertz CT molecular complexity index is 1280. The maximum absolute atomic E-state index is 12.5. The number of H-pyrrole nitrogens is 1. The van der Waals surface area contributed by atoms with Gasteiger partial charge in [0.25, 0.3) is 5.91 Å². The van der Waals surface area contributed by atoms with E-state index in [0.29, 0.717) is 12.1 Å². The summed E-state index contributed by atoms with van der Waals surface area (Å²) in [6.07, 6.45) is 4.77. The standard InChI is InChI=1S/C25H26N4O2/c1-25(2,3)29-10-8-19(15-29)24(30)26-14-23-27-20-6-4-17(13-21(20)28-23)16-5-7-22-18(12-16)9-11-31-22/h4-8,10,12-13,15H,9,11,14H2,1-3H3,(H,26,30)(H,27,28). The van der Waals surface area contributed by atoms with Crippen molar-refractivity contribution in [2.45, 2.75) is 39.3 Å². The van der Waals surface area contributed by atoms with Crippen molar-refractivity contribution in [2.75, 3.05) is 6.61 Å². The number of nitrogens with one attached hydrogen (secondary N) is 2. The number of rotatable bonds is 4. The average molecular weight is 415 g/mol. The molecule has 0 unspecified atom stereocenters. The van der Waals surface area contributed by atoms with Gasteiger partial charge in [-0.25, -0.2) is 4.98 Å². The van der Waals surface area contributed by atoms with E-state index < -0.39 is 0 Å². The summed E-state index contributed by atoms with van der Waals surface area (Å²) in [5, 5.41) is 2.96. The summed E-state index contributed by atoms with van der Waals surface area (Å²) in [7, 11) is 0. The van der Waals surface area contributed by atoms with Crippen LogP contribution in [0.3, 0.4) is 0 Å². The van der Waals surface area contributed by atoms with Crippen molar-refractivity contribution in [2.24, 2.45) is 0 Å². The fraction of sp³-hybridized carbons (Fsp3) is 0.280. The number of fused-ring (bicyclic) bond motifs is 2. The molecule has 0 bridgehead atoms. The molecule has 6 heteroatoms. The van der Waals surface area contributed by atoms with Crippen LogP contribution in [0.15, 0.2) is 54.9 Å². The highest BCUT2D eigenvalue weighted by Crippen LogP contribution is 2.31. The molecule has 2 aromatic heterocycles. The fourth-order valence-corrected chi connectivity index (χ4v) is 3.91. The van der Waals surface area contributed by atoms with Gasteiger partial charge in [-0.1, -0.05) is 12.1 Å². The van der Waals surface area contributed by atoms with E-state index in [1.807, 2.05) is 35.2 Å². The minimum absolute atomic E-state index is 0.0547. The minimum atomic E-state index is -0.107. The lowest BCUT2D eigenvalue weighted by Gasteiger charge is -2.20. The molecule has 1 amide bonds. The SMILES string of the molecule is CC(C)(C)n1ccc(C(=O)NCc2nc3ccc(-c4ccc5c(c4)CCO5)cc3[nH]2)c1. The quantitative estimate of drug-likeness (QED) is 0.511. The summed E-state index contributed by atoms with van der Waals surface area (Å²) in [5.74, 6) is 1.62. The predicted octanol–water partition coefficient (Wildman–Crippen LogP) is 4.65. The van der Waals surface area contributed by atoms with Gasteiger partial charge in [0, 0.05) is 24.4 Å². The summed E-state index contributed by atoms with van der Waals surface area (Å²) in [6.45, 7) is 7.42. The second-order valence-electron chi connectivity index (χ2n) is 9.00. The van der Waals surface area contributed by atoms with Gasteiger partial charge in [0.05, 0.1) is 29.7 Å². The molecule has 0 aliphatic carbocycles. The molecule has 0 fully saturated rings. The Balaban J connectivity index is 1.31. The van der Waals surface area contributed by atoms with E-state index in [-0.39, 0.29) is 11.4 Å². The van der Waals surface area contributed by atoms with Crippen molar-refractivity contribution in [3.63, 3.8) is 0 Å². The summed E-state index contributed by atoms with van der Waals surface area (Å²) >= 11 is 0. The van der Waals surface area contributed by atoms with Gasteiger partial charge in [0.2, 0.25) is 0 Å². The zero-order chi connectivity index (χ0) is 21.6. The van der Waals surface area contributed by atoms with Gasteiger partial charge in [-0.15, -0.1) is 0 Å². The number of amides is 1. The highest BCUT2D eigenvalue weighted by molar-refractivity contribution is 5.94. The number of hydrogen-bond donors (Lipinski definition) is 2. The Kier molecular flexibility index (Phi) is 4.58. The van der Waals surface area contributed by atoms with Crippen molar-refractivity contribution in [3.8, 4) is 16.9 Å². The van der Waals surface area contributed by atoms with Crippen LogP contribution in [-0.4, -0.2) is 27.0 Å². The molecule has 3 heterocycles. The second-order valence-corrected chi connectivity index (χ2v) is 9.00. The van der Waals surface area contributed by atoms with Crippen LogP contribution in [0.1, 0.15) is 42.5 Å². The Labute approximate surface area is 181 Å². The van der Waals surface area contributed by atoms with E-state index in [4.69, 9.17) is 4.74 Å². The van der Waals surface area contributed by atoms with Gasteiger partial charge < -0.3 is 19.6 Å². The first-order valence-corrected chi connectivity index (χ1v) is 10.6. The molecule has 6 nitrogen and oxygen atoms in total. The number of ether oxygens (including phenoxy) is 1. The first kappa shape index (κ1) is 19.4. The topological polar surface area (TPSA) is 71.9 Å². The third-order valence-electron chi connectivity index (χ3n) is 5.70. The molecule has 0 radical (unpaired) electrons. The molecule has 2 N–H and O–H groups in total. The van der Waals surface area contributed by atoms with Crippen LogP contribution in [0, 0.1) is 0 Å². The van der Waals surface area contributed by atoms with Gasteiger partial charge in [0.1, 0.15) is 11.6 Å². The lowest BCUT2D eigenvalue weighted by atomic mass is 10.0. The van der Waals surface area contributed by atoms with E-state index in [0.717, 1.165) is 41.2 Å². The molecule has 0 saturated carbocycles. The molecule has 5 rings (SSSR count). The van der Waals surface area contributed by atoms with Gasteiger partial charge in [-0.2, -0.15) is 0 Å². The van der Waals surface area contributed by atoms with Crippen LogP contribution in [0.4, 0.5) is 0 Å². The van der Waals surface area contributed by atoms with Crippen molar-refractivity contribution >= 4 is 16.9 Å². The number of hydrogen-bond acceptors (Lipinski definition) is 3. The largest absolute Gasteiger partial charge is 0.493 e. The zero-order valence-corrected chi connectivity index (χ0v) is 18.0. The second kappa shape index (κ2) is 7.30. The van der Waals surface area contributed by atoms with E-state index >= 15 is 0 Å². The average Bonchev–Trinajstić information content (AvgIpc) is 3.49. The summed E-state index contributed by atoms with van der Waals surface area (Å²) < 4.78 is 7.64. The molecular weight excluding hydrogens is 388 g/mol. The molecule has 0 spiro atoms. The van der Waals surface area contributed by atoms with Gasteiger partial charge >= 0.3 is 0 Å². The number of aromatic amines is 1. The van der Waals surface area contributed by atoms with Crippen molar-refractivity contribution in [3.05, 3.63) is 71.8 Å². The highest BCUT2D eigenvalue weighted by atomic mass is 16.5. The molecule has 158 valence electrons. The van der Waals surface area contributed by atoms with Crippen LogP contribution in [0.5, 0.6) is 5.75 Å². The molecule has 31 heavy (non-hydrogen) atoms. The molecule has 2 aromatic carbocycles. The molecule has 1 aliphatic rings. The molecule has 0 atom stereocenters. The Hall–Kier alpha value is -3.54. The maximum Gasteiger partial charge on any atom is 0.253 e. The van der Waals surface area contributed by atoms with Crippen molar-refractivity contribution in [1.29, 1.82) is 0 Å². The van der Waals surface area contributed by atoms with Gasteiger partial charge in [-0.3, -0.25) is 4.79 Å². The molecule has 4 aromatic rings. The van der Waals surface area contributed by atoms with Crippen LogP contribution in [-0.2, 0) is 18.5 Å². The van der Waals surface area contributed by atoms with E-state index in [1.165, 1.54) is 11.1 Å². The van der Waals surface area contributed by atoms with E-state index in [2.05, 4.69) is 60.3 Å². The van der Waals surface area contributed by atoms with Crippen LogP contribution in [0.2, 0.25) is 0 Å². The zero-order valence-electron chi connectivity index (χ0n) is 18.0. The fourth-order valence-electron chi connectivity index (χ4n) is 3.91. The van der Waals surface area contributed by atoms with Gasteiger partial charge in [-0.05, 0) is 67.8 Å². The Morgan fingerprint density at radius 3 is 2.77 bits per heavy atom. The van der Waals surface area contributed by atoms with E-state index in [9.17, 15) is 4.79 Å². The van der Waals surface area contributed by atoms with Gasteiger partial charge in [0.15, 0.2) is 0 Å². The number of carbonyl (C=O) groups excluding carboxylic acids is 1. The highest BCUT2D eigenvalue weighted by Gasteiger charge is 2.16. The third kappa shape index (κ3) is 3.81. The molecule has 1 aliphatic heterocycles. The summed E-state index contributed by atoms with van der Waals surface area (Å²) in [6, 6.07) is 14.4. The Morgan fingerprint density at radius 1 is 1.16 bits per heavy atom. The first-order valence-electron chi connectivity index (χ1n) is 10.6. The lowest BCUT2D eigenvalue weighted by Crippen LogP contribution is -2.24. The number of nitrogens with zero attached hydrogens (tertiary/aromatic N) is 2. The smallest absolute Gasteiger partial charge is 0.253 e. The third-order valence-corrected chi connectivity index (χ3v) is 5.70. The number of aromatic nitrogens is 3. The summed E-state index contributed by atoms with van der Waals surface area (Å²) in [5.41, 5.74) is 5.98. The van der Waals surface area contributed by atoms with Crippen LogP contribution >= 0.6 is 0 Å². The number of benzene rings is 2. The normalized spacial score (nSPS) is 13.3. The Morgan fingerprint density at radius 2 is 1.97 bits per heavy atom.